The molecule has 1 aromatic heterocycles. The van der Waals surface area contributed by atoms with Crippen LogP contribution in [0.15, 0.2) is 48.7 Å². The van der Waals surface area contributed by atoms with Crippen molar-refractivity contribution in [2.24, 2.45) is 0 Å². The second kappa shape index (κ2) is 9.01. The van der Waals surface area contributed by atoms with Crippen molar-refractivity contribution in [3.05, 3.63) is 54.2 Å². The van der Waals surface area contributed by atoms with Crippen molar-refractivity contribution in [3.8, 4) is 11.5 Å². The zero-order valence-corrected chi connectivity index (χ0v) is 17.8. The smallest absolute Gasteiger partial charge is 0.325 e. The number of nitrogens with zero attached hydrogens (tertiary/aromatic N) is 1. The van der Waals surface area contributed by atoms with E-state index in [4.69, 9.17) is 9.47 Å². The lowest BCUT2D eigenvalue weighted by atomic mass is 10.1. The number of carbonyl (C=O) groups is 3. The number of aromatic nitrogens is 1. The highest BCUT2D eigenvalue weighted by Crippen LogP contribution is 2.28. The number of aromatic amines is 1. The third kappa shape index (κ3) is 4.22. The highest BCUT2D eigenvalue weighted by Gasteiger charge is 2.37. The van der Waals surface area contributed by atoms with Gasteiger partial charge in [-0.25, -0.2) is 4.79 Å². The maximum Gasteiger partial charge on any atom is 0.325 e. The Morgan fingerprint density at radius 3 is 2.69 bits per heavy atom. The van der Waals surface area contributed by atoms with Crippen molar-refractivity contribution in [3.63, 3.8) is 0 Å². The van der Waals surface area contributed by atoms with Gasteiger partial charge in [0.1, 0.15) is 6.04 Å². The van der Waals surface area contributed by atoms with E-state index in [1.54, 1.807) is 24.4 Å². The lowest BCUT2D eigenvalue weighted by molar-refractivity contribution is -0.128. The number of hydrogen-bond donors (Lipinski definition) is 3. The Kier molecular flexibility index (Phi) is 5.98. The molecule has 3 N–H and O–H groups in total. The number of hydrogen-bond acceptors (Lipinski definition) is 5. The summed E-state index contributed by atoms with van der Waals surface area (Å²) in [5.41, 5.74) is 2.35. The van der Waals surface area contributed by atoms with Gasteiger partial charge in [0.15, 0.2) is 11.5 Å². The number of carbonyl (C=O) groups excluding carboxylic acids is 3. The summed E-state index contributed by atoms with van der Waals surface area (Å²) in [5, 5.41) is 6.45. The van der Waals surface area contributed by atoms with Gasteiger partial charge < -0.3 is 25.1 Å². The molecule has 1 aliphatic rings. The minimum atomic E-state index is -0.739. The molecule has 4 rings (SSSR count). The van der Waals surface area contributed by atoms with Crippen LogP contribution in [0, 0.1) is 0 Å². The van der Waals surface area contributed by atoms with Gasteiger partial charge in [0.05, 0.1) is 26.5 Å². The Bertz CT molecular complexity index is 1170. The molecule has 0 unspecified atom stereocenters. The van der Waals surface area contributed by atoms with E-state index < -0.39 is 12.1 Å². The number of H-pyrrole nitrogens is 1. The number of urea groups is 1. The molecule has 166 valence electrons. The summed E-state index contributed by atoms with van der Waals surface area (Å²) in [6.45, 7) is 0.100. The van der Waals surface area contributed by atoms with Gasteiger partial charge in [-0.05, 0) is 42.3 Å². The Morgan fingerprint density at radius 2 is 1.91 bits per heavy atom. The van der Waals surface area contributed by atoms with Gasteiger partial charge in [0, 0.05) is 23.5 Å². The molecule has 1 aliphatic heterocycles. The standard InChI is InChI=1S/C23H24N4O5/c1-31-19-8-6-14(12-20(19)32-2)13-27-22(29)18(26-23(27)30)7-9-21(28)25-17-5-3-4-16-15(17)10-11-24-16/h3-6,8,10-12,18,24H,7,9,13H2,1-2H3,(H,25,28)(H,26,30)/t18-/m0/s1. The molecule has 1 atom stereocenters. The lowest BCUT2D eigenvalue weighted by Crippen LogP contribution is -2.31. The zero-order valence-electron chi connectivity index (χ0n) is 17.8. The van der Waals surface area contributed by atoms with E-state index in [9.17, 15) is 14.4 Å². The first-order valence-corrected chi connectivity index (χ1v) is 10.2. The van der Waals surface area contributed by atoms with Crippen LogP contribution < -0.4 is 20.1 Å². The number of imide groups is 1. The van der Waals surface area contributed by atoms with Crippen LogP contribution in [0.3, 0.4) is 0 Å². The zero-order chi connectivity index (χ0) is 22.7. The van der Waals surface area contributed by atoms with E-state index in [1.165, 1.54) is 14.2 Å². The molecule has 9 heteroatoms. The summed E-state index contributed by atoms with van der Waals surface area (Å²) in [4.78, 5) is 41.8. The van der Waals surface area contributed by atoms with Crippen LogP contribution in [0.25, 0.3) is 10.9 Å². The minimum Gasteiger partial charge on any atom is -0.493 e. The SMILES string of the molecule is COc1ccc(CN2C(=O)N[C@@H](CCC(=O)Nc3cccc4[nH]ccc34)C2=O)cc1OC. The first-order chi connectivity index (χ1) is 15.5. The summed E-state index contributed by atoms with van der Waals surface area (Å²) < 4.78 is 10.5. The third-order valence-electron chi connectivity index (χ3n) is 5.42. The van der Waals surface area contributed by atoms with Gasteiger partial charge in [0.2, 0.25) is 5.91 Å². The van der Waals surface area contributed by atoms with Crippen LogP contribution >= 0.6 is 0 Å². The lowest BCUT2D eigenvalue weighted by Gasteiger charge is -2.15. The van der Waals surface area contributed by atoms with Gasteiger partial charge in [-0.2, -0.15) is 0 Å². The van der Waals surface area contributed by atoms with E-state index in [2.05, 4.69) is 15.6 Å². The number of anilines is 1. The van der Waals surface area contributed by atoms with Crippen molar-refractivity contribution < 1.29 is 23.9 Å². The van der Waals surface area contributed by atoms with Gasteiger partial charge in [0.25, 0.3) is 5.91 Å². The van der Waals surface area contributed by atoms with Crippen molar-refractivity contribution >= 4 is 34.4 Å². The fourth-order valence-electron chi connectivity index (χ4n) is 3.77. The average Bonchev–Trinajstić information content (AvgIpc) is 3.38. The van der Waals surface area contributed by atoms with E-state index in [1.807, 2.05) is 24.3 Å². The maximum atomic E-state index is 12.8. The average molecular weight is 436 g/mol. The Balaban J connectivity index is 1.35. The summed E-state index contributed by atoms with van der Waals surface area (Å²) in [6, 6.07) is 11.5. The van der Waals surface area contributed by atoms with E-state index >= 15 is 0 Å². The Morgan fingerprint density at radius 1 is 1.09 bits per heavy atom. The first-order valence-electron chi connectivity index (χ1n) is 10.2. The monoisotopic (exact) mass is 436 g/mol. The molecule has 9 nitrogen and oxygen atoms in total. The predicted molar refractivity (Wildman–Crippen MR) is 119 cm³/mol. The van der Waals surface area contributed by atoms with E-state index in [0.717, 1.165) is 21.4 Å². The maximum absolute atomic E-state index is 12.8. The molecule has 2 heterocycles. The fraction of sp³-hybridized carbons (Fsp3) is 0.261. The number of methoxy groups -OCH3 is 2. The summed E-state index contributed by atoms with van der Waals surface area (Å²) >= 11 is 0. The highest BCUT2D eigenvalue weighted by atomic mass is 16.5. The Labute approximate surface area is 184 Å². The van der Waals surface area contributed by atoms with Crippen LogP contribution in [-0.4, -0.2) is 48.0 Å². The number of nitrogens with one attached hydrogen (secondary N) is 3. The molecule has 1 fully saturated rings. The van der Waals surface area contributed by atoms with Crippen molar-refractivity contribution in [2.45, 2.75) is 25.4 Å². The predicted octanol–water partition coefficient (Wildman–Crippen LogP) is 3.02. The molecule has 4 amide bonds. The van der Waals surface area contributed by atoms with Crippen LogP contribution in [0.2, 0.25) is 0 Å². The highest BCUT2D eigenvalue weighted by molar-refractivity contribution is 6.05. The molecule has 1 saturated heterocycles. The van der Waals surface area contributed by atoms with Crippen molar-refractivity contribution in [1.29, 1.82) is 0 Å². The molecule has 32 heavy (non-hydrogen) atoms. The first kappa shape index (κ1) is 21.2. The van der Waals surface area contributed by atoms with Gasteiger partial charge >= 0.3 is 6.03 Å². The number of rotatable bonds is 8. The van der Waals surface area contributed by atoms with Gasteiger partial charge in [-0.1, -0.05) is 12.1 Å². The number of amides is 4. The second-order valence-electron chi connectivity index (χ2n) is 7.45. The molecule has 0 spiro atoms. The number of fused-ring (bicyclic) bond motifs is 1. The Hall–Kier alpha value is -4.01. The summed E-state index contributed by atoms with van der Waals surface area (Å²) in [6.07, 6.45) is 2.11. The van der Waals surface area contributed by atoms with Crippen molar-refractivity contribution in [2.75, 3.05) is 19.5 Å². The summed E-state index contributed by atoms with van der Waals surface area (Å²) in [7, 11) is 3.06. The topological polar surface area (TPSA) is 113 Å². The quantitative estimate of drug-likeness (QED) is 0.470. The molecular weight excluding hydrogens is 412 g/mol. The summed E-state index contributed by atoms with van der Waals surface area (Å²) in [5.74, 6) is 0.500. The van der Waals surface area contributed by atoms with E-state index in [-0.39, 0.29) is 31.2 Å². The van der Waals surface area contributed by atoms with E-state index in [0.29, 0.717) is 17.2 Å². The fourth-order valence-corrected chi connectivity index (χ4v) is 3.77. The van der Waals surface area contributed by atoms with Crippen molar-refractivity contribution in [1.82, 2.24) is 15.2 Å². The van der Waals surface area contributed by atoms with Crippen LogP contribution in [0.5, 0.6) is 11.5 Å². The molecule has 0 radical (unpaired) electrons. The third-order valence-corrected chi connectivity index (χ3v) is 5.42. The number of ether oxygens (including phenoxy) is 2. The molecular formula is C23H24N4O5. The minimum absolute atomic E-state index is 0.0989. The largest absolute Gasteiger partial charge is 0.493 e. The number of benzene rings is 2. The van der Waals surface area contributed by atoms with Crippen LogP contribution in [-0.2, 0) is 16.1 Å². The van der Waals surface area contributed by atoms with Gasteiger partial charge in [-0.15, -0.1) is 0 Å². The van der Waals surface area contributed by atoms with Crippen LogP contribution in [0.4, 0.5) is 10.5 Å². The van der Waals surface area contributed by atoms with Gasteiger partial charge in [-0.3, -0.25) is 14.5 Å². The molecule has 2 aromatic carbocycles. The molecule has 3 aromatic rings. The molecule has 0 bridgehead atoms. The molecule has 0 aliphatic carbocycles. The van der Waals surface area contributed by atoms with Crippen LogP contribution in [0.1, 0.15) is 18.4 Å². The molecule has 0 saturated carbocycles. The normalized spacial score (nSPS) is 15.7. The second-order valence-corrected chi connectivity index (χ2v) is 7.45.